The standard InChI is InChI=1S/C14H17BrFNO/c1-9-12(7-10(16)8-13(9)15)14(18)17-11-5-3-2-4-6-11/h7-8,11H,2-6H2,1H3,(H,17,18). The lowest BCUT2D eigenvalue weighted by atomic mass is 9.95. The van der Waals surface area contributed by atoms with Gasteiger partial charge in [-0.15, -0.1) is 0 Å². The van der Waals surface area contributed by atoms with Crippen molar-refractivity contribution < 1.29 is 9.18 Å². The third kappa shape index (κ3) is 3.10. The number of rotatable bonds is 2. The number of carbonyl (C=O) groups excluding carboxylic acids is 1. The summed E-state index contributed by atoms with van der Waals surface area (Å²) in [5.74, 6) is -0.555. The van der Waals surface area contributed by atoms with Crippen LogP contribution in [0.4, 0.5) is 4.39 Å². The van der Waals surface area contributed by atoms with Crippen LogP contribution in [0, 0.1) is 12.7 Å². The van der Waals surface area contributed by atoms with Crippen LogP contribution in [0.3, 0.4) is 0 Å². The fourth-order valence-corrected chi connectivity index (χ4v) is 2.82. The summed E-state index contributed by atoms with van der Waals surface area (Å²) in [5, 5.41) is 3.00. The van der Waals surface area contributed by atoms with Crippen molar-refractivity contribution in [2.24, 2.45) is 0 Å². The van der Waals surface area contributed by atoms with Crippen molar-refractivity contribution >= 4 is 21.8 Å². The second-order valence-electron chi connectivity index (χ2n) is 4.87. The van der Waals surface area contributed by atoms with Gasteiger partial charge in [-0.25, -0.2) is 4.39 Å². The summed E-state index contributed by atoms with van der Waals surface area (Å²) < 4.78 is 14.0. The summed E-state index contributed by atoms with van der Waals surface area (Å²) in [7, 11) is 0. The van der Waals surface area contributed by atoms with E-state index in [0.29, 0.717) is 10.0 Å². The Morgan fingerprint density at radius 1 is 1.33 bits per heavy atom. The Kier molecular flexibility index (Phi) is 4.38. The SMILES string of the molecule is Cc1c(Br)cc(F)cc1C(=O)NC1CCCCC1. The van der Waals surface area contributed by atoms with Crippen LogP contribution < -0.4 is 5.32 Å². The first-order valence-electron chi connectivity index (χ1n) is 6.34. The van der Waals surface area contributed by atoms with E-state index in [2.05, 4.69) is 21.2 Å². The zero-order valence-electron chi connectivity index (χ0n) is 10.4. The number of amides is 1. The quantitative estimate of drug-likeness (QED) is 0.879. The fourth-order valence-electron chi connectivity index (χ4n) is 2.39. The second-order valence-corrected chi connectivity index (χ2v) is 5.72. The molecule has 0 radical (unpaired) electrons. The van der Waals surface area contributed by atoms with Gasteiger partial charge in [0.2, 0.25) is 0 Å². The maximum atomic E-state index is 13.3. The maximum absolute atomic E-state index is 13.3. The van der Waals surface area contributed by atoms with Gasteiger partial charge in [0.25, 0.3) is 5.91 Å². The van der Waals surface area contributed by atoms with Crippen LogP contribution in [0.5, 0.6) is 0 Å². The number of nitrogens with one attached hydrogen (secondary N) is 1. The minimum atomic E-state index is -0.388. The van der Waals surface area contributed by atoms with Crippen molar-refractivity contribution in [3.8, 4) is 0 Å². The molecule has 2 rings (SSSR count). The van der Waals surface area contributed by atoms with Crippen LogP contribution in [-0.2, 0) is 0 Å². The molecule has 18 heavy (non-hydrogen) atoms. The molecule has 0 unspecified atom stereocenters. The van der Waals surface area contributed by atoms with Gasteiger partial charge in [-0.3, -0.25) is 4.79 Å². The largest absolute Gasteiger partial charge is 0.349 e. The number of hydrogen-bond acceptors (Lipinski definition) is 1. The van der Waals surface area contributed by atoms with Gasteiger partial charge >= 0.3 is 0 Å². The van der Waals surface area contributed by atoms with Gasteiger partial charge in [-0.05, 0) is 37.5 Å². The van der Waals surface area contributed by atoms with Gasteiger partial charge in [-0.2, -0.15) is 0 Å². The molecule has 1 fully saturated rings. The lowest BCUT2D eigenvalue weighted by molar-refractivity contribution is 0.0926. The molecule has 1 aromatic carbocycles. The molecule has 0 spiro atoms. The molecule has 1 N–H and O–H groups in total. The minimum absolute atomic E-state index is 0.167. The molecule has 1 aromatic rings. The molecule has 0 heterocycles. The van der Waals surface area contributed by atoms with E-state index >= 15 is 0 Å². The van der Waals surface area contributed by atoms with Crippen LogP contribution in [0.15, 0.2) is 16.6 Å². The maximum Gasteiger partial charge on any atom is 0.251 e. The molecular formula is C14H17BrFNO. The van der Waals surface area contributed by atoms with E-state index in [9.17, 15) is 9.18 Å². The van der Waals surface area contributed by atoms with Crippen molar-refractivity contribution in [3.63, 3.8) is 0 Å². The van der Waals surface area contributed by atoms with E-state index in [0.717, 1.165) is 31.2 Å². The molecular weight excluding hydrogens is 297 g/mol. The van der Waals surface area contributed by atoms with Crippen molar-refractivity contribution in [2.45, 2.75) is 45.1 Å². The van der Waals surface area contributed by atoms with Gasteiger partial charge in [-0.1, -0.05) is 35.2 Å². The molecule has 0 saturated heterocycles. The average Bonchev–Trinajstić information content (AvgIpc) is 2.35. The summed E-state index contributed by atoms with van der Waals surface area (Å²) in [4.78, 5) is 12.1. The molecule has 0 aromatic heterocycles. The predicted molar refractivity (Wildman–Crippen MR) is 73.2 cm³/mol. The Morgan fingerprint density at radius 3 is 2.67 bits per heavy atom. The Morgan fingerprint density at radius 2 is 2.00 bits per heavy atom. The summed E-state index contributed by atoms with van der Waals surface area (Å²) in [6, 6.07) is 2.93. The highest BCUT2D eigenvalue weighted by Gasteiger charge is 2.19. The molecule has 4 heteroatoms. The molecule has 1 aliphatic rings. The zero-order chi connectivity index (χ0) is 13.1. The lowest BCUT2D eigenvalue weighted by Gasteiger charge is -2.23. The van der Waals surface area contributed by atoms with Gasteiger partial charge in [0, 0.05) is 16.1 Å². The fraction of sp³-hybridized carbons (Fsp3) is 0.500. The average molecular weight is 314 g/mol. The van der Waals surface area contributed by atoms with Gasteiger partial charge in [0.1, 0.15) is 5.82 Å². The van der Waals surface area contributed by atoms with E-state index in [1.807, 2.05) is 6.92 Å². The number of benzene rings is 1. The molecule has 98 valence electrons. The van der Waals surface area contributed by atoms with Crippen LogP contribution in [0.1, 0.15) is 48.0 Å². The van der Waals surface area contributed by atoms with E-state index in [4.69, 9.17) is 0 Å². The number of carbonyl (C=O) groups is 1. The third-order valence-electron chi connectivity index (χ3n) is 3.49. The van der Waals surface area contributed by atoms with E-state index in [1.165, 1.54) is 18.6 Å². The highest BCUT2D eigenvalue weighted by atomic mass is 79.9. The lowest BCUT2D eigenvalue weighted by Crippen LogP contribution is -2.36. The summed E-state index contributed by atoms with van der Waals surface area (Å²) in [5.41, 5.74) is 1.21. The van der Waals surface area contributed by atoms with Gasteiger partial charge < -0.3 is 5.32 Å². The van der Waals surface area contributed by atoms with Crippen LogP contribution >= 0.6 is 15.9 Å². The Balaban J connectivity index is 2.13. The molecule has 1 aliphatic carbocycles. The van der Waals surface area contributed by atoms with Crippen molar-refractivity contribution in [1.82, 2.24) is 5.32 Å². The van der Waals surface area contributed by atoms with Crippen LogP contribution in [0.2, 0.25) is 0 Å². The topological polar surface area (TPSA) is 29.1 Å². The summed E-state index contributed by atoms with van der Waals surface area (Å²) in [6.07, 6.45) is 5.63. The zero-order valence-corrected chi connectivity index (χ0v) is 12.0. The second kappa shape index (κ2) is 5.83. The first-order valence-corrected chi connectivity index (χ1v) is 7.13. The van der Waals surface area contributed by atoms with E-state index in [-0.39, 0.29) is 17.8 Å². The van der Waals surface area contributed by atoms with E-state index < -0.39 is 0 Å². The Labute approximate surface area is 115 Å². The first kappa shape index (κ1) is 13.5. The third-order valence-corrected chi connectivity index (χ3v) is 4.32. The van der Waals surface area contributed by atoms with E-state index in [1.54, 1.807) is 0 Å². The molecule has 1 saturated carbocycles. The summed E-state index contributed by atoms with van der Waals surface area (Å²) in [6.45, 7) is 1.82. The minimum Gasteiger partial charge on any atom is -0.349 e. The first-order chi connectivity index (χ1) is 8.58. The Bertz CT molecular complexity index is 455. The number of hydrogen-bond donors (Lipinski definition) is 1. The van der Waals surface area contributed by atoms with Gasteiger partial charge in [0.15, 0.2) is 0 Å². The molecule has 0 aliphatic heterocycles. The predicted octanol–water partition coefficient (Wildman–Crippen LogP) is 3.96. The molecule has 1 amide bonds. The van der Waals surface area contributed by atoms with Crippen molar-refractivity contribution in [1.29, 1.82) is 0 Å². The van der Waals surface area contributed by atoms with Crippen molar-refractivity contribution in [2.75, 3.05) is 0 Å². The number of halogens is 2. The van der Waals surface area contributed by atoms with Crippen molar-refractivity contribution in [3.05, 3.63) is 33.5 Å². The molecule has 2 nitrogen and oxygen atoms in total. The molecule has 0 bridgehead atoms. The Hall–Kier alpha value is -0.900. The van der Waals surface area contributed by atoms with Crippen LogP contribution in [0.25, 0.3) is 0 Å². The highest BCUT2D eigenvalue weighted by Crippen LogP contribution is 2.23. The highest BCUT2D eigenvalue weighted by molar-refractivity contribution is 9.10. The smallest absolute Gasteiger partial charge is 0.251 e. The van der Waals surface area contributed by atoms with Gasteiger partial charge in [0.05, 0.1) is 0 Å². The normalized spacial score (nSPS) is 16.6. The summed E-state index contributed by atoms with van der Waals surface area (Å²) >= 11 is 3.27. The molecule has 0 atom stereocenters. The van der Waals surface area contributed by atoms with Crippen LogP contribution in [-0.4, -0.2) is 11.9 Å². The monoisotopic (exact) mass is 313 g/mol.